The van der Waals surface area contributed by atoms with Gasteiger partial charge >= 0.3 is 0 Å². The molecule has 1 aromatic carbocycles. The van der Waals surface area contributed by atoms with Gasteiger partial charge in [0.25, 0.3) is 11.5 Å². The van der Waals surface area contributed by atoms with Crippen molar-refractivity contribution in [3.63, 3.8) is 0 Å². The number of aryl methyl sites for hydroxylation is 1. The van der Waals surface area contributed by atoms with Crippen LogP contribution in [-0.2, 0) is 6.54 Å². The Labute approximate surface area is 177 Å². The third-order valence-electron chi connectivity index (χ3n) is 5.70. The Bertz CT molecular complexity index is 958. The number of nitrogens with one attached hydrogen (secondary N) is 2. The van der Waals surface area contributed by atoms with E-state index in [1.165, 1.54) is 10.6 Å². The van der Waals surface area contributed by atoms with Gasteiger partial charge in [0.05, 0.1) is 17.7 Å². The maximum atomic E-state index is 12.9. The topological polar surface area (TPSA) is 80.2 Å². The summed E-state index contributed by atoms with van der Waals surface area (Å²) >= 11 is 0. The van der Waals surface area contributed by atoms with Crippen LogP contribution in [0, 0.1) is 12.8 Å². The van der Waals surface area contributed by atoms with Crippen LogP contribution in [-0.4, -0.2) is 35.9 Å². The highest BCUT2D eigenvalue weighted by Gasteiger charge is 2.18. The molecule has 0 spiro atoms. The van der Waals surface area contributed by atoms with Gasteiger partial charge in [-0.2, -0.15) is 0 Å². The molecule has 0 bridgehead atoms. The number of carbonyl (C=O) groups excluding carboxylic acids is 2. The molecule has 6 nitrogen and oxygen atoms in total. The monoisotopic (exact) mass is 409 g/mol. The van der Waals surface area contributed by atoms with Crippen molar-refractivity contribution in [2.45, 2.75) is 46.1 Å². The zero-order chi connectivity index (χ0) is 21.5. The lowest BCUT2D eigenvalue weighted by Crippen LogP contribution is -2.33. The van der Waals surface area contributed by atoms with Gasteiger partial charge in [-0.15, -0.1) is 0 Å². The van der Waals surface area contributed by atoms with Gasteiger partial charge in [-0.3, -0.25) is 14.4 Å². The van der Waals surface area contributed by atoms with Crippen molar-refractivity contribution in [3.05, 3.63) is 69.1 Å². The van der Waals surface area contributed by atoms with Gasteiger partial charge in [-0.25, -0.2) is 0 Å². The summed E-state index contributed by atoms with van der Waals surface area (Å²) in [6.45, 7) is 6.69. The normalized spacial score (nSPS) is 14.5. The average molecular weight is 410 g/mol. The van der Waals surface area contributed by atoms with Crippen LogP contribution in [0.2, 0.25) is 0 Å². The van der Waals surface area contributed by atoms with Gasteiger partial charge in [0.1, 0.15) is 0 Å². The van der Waals surface area contributed by atoms with Crippen molar-refractivity contribution in [3.8, 4) is 0 Å². The van der Waals surface area contributed by atoms with E-state index in [4.69, 9.17) is 0 Å². The smallest absolute Gasteiger partial charge is 0.261 e. The number of hydrogen-bond donors (Lipinski definition) is 2. The zero-order valence-corrected chi connectivity index (χ0v) is 17.9. The number of amides is 1. The molecule has 30 heavy (non-hydrogen) atoms. The Morgan fingerprint density at radius 2 is 1.97 bits per heavy atom. The Morgan fingerprint density at radius 1 is 1.20 bits per heavy atom. The summed E-state index contributed by atoms with van der Waals surface area (Å²) in [7, 11) is 0. The number of nitrogens with zero attached hydrogens (tertiary/aromatic N) is 1. The summed E-state index contributed by atoms with van der Waals surface area (Å²) in [4.78, 5) is 38.0. The highest BCUT2D eigenvalue weighted by atomic mass is 16.2. The summed E-state index contributed by atoms with van der Waals surface area (Å²) in [5.74, 6) is 0.133. The first-order chi connectivity index (χ1) is 14.5. The van der Waals surface area contributed by atoms with Crippen molar-refractivity contribution >= 4 is 11.7 Å². The molecule has 2 heterocycles. The van der Waals surface area contributed by atoms with Gasteiger partial charge in [0.2, 0.25) is 0 Å². The van der Waals surface area contributed by atoms with Crippen LogP contribution in [0.3, 0.4) is 0 Å². The lowest BCUT2D eigenvalue weighted by atomic mass is 9.95. The minimum absolute atomic E-state index is 0.0798. The minimum Gasteiger partial charge on any atom is -0.352 e. The molecule has 3 rings (SSSR count). The summed E-state index contributed by atoms with van der Waals surface area (Å²) in [6.07, 6.45) is 4.99. The number of pyridine rings is 1. The van der Waals surface area contributed by atoms with Gasteiger partial charge < -0.3 is 15.2 Å². The number of piperidine rings is 1. The van der Waals surface area contributed by atoms with Crippen LogP contribution in [0.1, 0.15) is 64.4 Å². The summed E-state index contributed by atoms with van der Waals surface area (Å²) in [6, 6.07) is 9.31. The molecule has 0 radical (unpaired) electrons. The summed E-state index contributed by atoms with van der Waals surface area (Å²) < 4.78 is 1.47. The minimum atomic E-state index is -0.352. The SMILES string of the molecule is CCC(=O)c1cc(C(=O)NCCC2CCNCC2)cn(Cc2cccc(C)c2)c1=O. The number of aromatic nitrogens is 1. The third-order valence-corrected chi connectivity index (χ3v) is 5.70. The molecule has 6 heteroatoms. The van der Waals surface area contributed by atoms with Gasteiger partial charge in [0, 0.05) is 19.2 Å². The fourth-order valence-corrected chi connectivity index (χ4v) is 3.94. The van der Waals surface area contributed by atoms with Crippen molar-refractivity contribution < 1.29 is 9.59 Å². The fourth-order valence-electron chi connectivity index (χ4n) is 3.94. The second-order valence-electron chi connectivity index (χ2n) is 8.08. The van der Waals surface area contributed by atoms with Gasteiger partial charge in [0.15, 0.2) is 5.78 Å². The van der Waals surface area contributed by atoms with Crippen molar-refractivity contribution in [1.82, 2.24) is 15.2 Å². The van der Waals surface area contributed by atoms with E-state index in [9.17, 15) is 14.4 Å². The fraction of sp³-hybridized carbons (Fsp3) is 0.458. The molecule has 160 valence electrons. The molecule has 2 aromatic rings. The van der Waals surface area contributed by atoms with E-state index < -0.39 is 0 Å². The van der Waals surface area contributed by atoms with Crippen LogP contribution in [0.25, 0.3) is 0 Å². The molecule has 0 saturated carbocycles. The van der Waals surface area contributed by atoms with Crippen molar-refractivity contribution in [1.29, 1.82) is 0 Å². The standard InChI is InChI=1S/C24H31N3O3/c1-3-22(28)21-14-20(23(29)26-12-9-18-7-10-25-11-8-18)16-27(24(21)30)15-19-6-4-5-17(2)13-19/h4-6,13-14,16,18,25H,3,7-12,15H2,1-2H3,(H,26,29). The molecule has 1 saturated heterocycles. The average Bonchev–Trinajstić information content (AvgIpc) is 2.75. The lowest BCUT2D eigenvalue weighted by Gasteiger charge is -2.22. The van der Waals surface area contributed by atoms with Crippen LogP contribution >= 0.6 is 0 Å². The summed E-state index contributed by atoms with van der Waals surface area (Å²) in [5.41, 5.74) is 2.13. The quantitative estimate of drug-likeness (QED) is 0.657. The van der Waals surface area contributed by atoms with E-state index in [0.717, 1.165) is 43.5 Å². The van der Waals surface area contributed by atoms with Crippen LogP contribution in [0.4, 0.5) is 0 Å². The maximum Gasteiger partial charge on any atom is 0.261 e. The van der Waals surface area contributed by atoms with E-state index in [1.54, 1.807) is 13.1 Å². The van der Waals surface area contributed by atoms with Crippen LogP contribution < -0.4 is 16.2 Å². The maximum absolute atomic E-state index is 12.9. The first-order valence-electron chi connectivity index (χ1n) is 10.8. The molecule has 0 unspecified atom stereocenters. The van der Waals surface area contributed by atoms with Crippen LogP contribution in [0.5, 0.6) is 0 Å². The molecular formula is C24H31N3O3. The number of rotatable bonds is 8. The van der Waals surface area contributed by atoms with E-state index in [2.05, 4.69) is 10.6 Å². The third kappa shape index (κ3) is 5.66. The number of carbonyl (C=O) groups is 2. The summed E-state index contributed by atoms with van der Waals surface area (Å²) in [5, 5.41) is 6.31. The van der Waals surface area contributed by atoms with E-state index in [1.807, 2.05) is 31.2 Å². The zero-order valence-electron chi connectivity index (χ0n) is 17.9. The number of ketones is 1. The Morgan fingerprint density at radius 3 is 2.67 bits per heavy atom. The van der Waals surface area contributed by atoms with Crippen LogP contribution in [0.15, 0.2) is 41.3 Å². The molecule has 1 fully saturated rings. The number of Topliss-reactive ketones (excluding diaryl/α,β-unsaturated/α-hetero) is 1. The van der Waals surface area contributed by atoms with Gasteiger partial charge in [-0.05, 0) is 56.8 Å². The second kappa shape index (κ2) is 10.3. The molecular weight excluding hydrogens is 378 g/mol. The molecule has 1 aliphatic rings. The predicted octanol–water partition coefficient (Wildman–Crippen LogP) is 2.92. The Balaban J connectivity index is 1.79. The Hall–Kier alpha value is -2.73. The largest absolute Gasteiger partial charge is 0.352 e. The van der Waals surface area contributed by atoms with Crippen molar-refractivity contribution in [2.75, 3.05) is 19.6 Å². The predicted molar refractivity (Wildman–Crippen MR) is 118 cm³/mol. The van der Waals surface area contributed by atoms with Crippen molar-refractivity contribution in [2.24, 2.45) is 5.92 Å². The van der Waals surface area contributed by atoms with E-state index in [0.29, 0.717) is 24.6 Å². The molecule has 1 aliphatic heterocycles. The first-order valence-corrected chi connectivity index (χ1v) is 10.8. The molecule has 1 aromatic heterocycles. The molecule has 0 atom stereocenters. The number of hydrogen-bond acceptors (Lipinski definition) is 4. The van der Waals surface area contributed by atoms with E-state index >= 15 is 0 Å². The van der Waals surface area contributed by atoms with Gasteiger partial charge in [-0.1, -0.05) is 36.8 Å². The highest BCUT2D eigenvalue weighted by molar-refractivity contribution is 6.00. The van der Waals surface area contributed by atoms with E-state index in [-0.39, 0.29) is 29.2 Å². The highest BCUT2D eigenvalue weighted by Crippen LogP contribution is 2.15. The first kappa shape index (κ1) is 22.0. The lowest BCUT2D eigenvalue weighted by molar-refractivity contribution is 0.0949. The molecule has 0 aliphatic carbocycles. The molecule has 1 amide bonds. The second-order valence-corrected chi connectivity index (χ2v) is 8.08. The number of benzene rings is 1. The molecule has 2 N–H and O–H groups in total. The Kier molecular flexibility index (Phi) is 7.57.